The first-order chi connectivity index (χ1) is 15.6. The summed E-state index contributed by atoms with van der Waals surface area (Å²) in [7, 11) is -3.34. The van der Waals surface area contributed by atoms with E-state index in [9.17, 15) is 22.4 Å². The summed E-state index contributed by atoms with van der Waals surface area (Å²) in [5.74, 6) is -1.59. The van der Waals surface area contributed by atoms with Crippen LogP contribution in [0.1, 0.15) is 15.4 Å². The Morgan fingerprint density at radius 1 is 1.12 bits per heavy atom. The van der Waals surface area contributed by atoms with E-state index >= 15 is 0 Å². The highest BCUT2D eigenvalue weighted by molar-refractivity contribution is 7.90. The molecule has 0 atom stereocenters. The van der Waals surface area contributed by atoms with Crippen molar-refractivity contribution in [3.05, 3.63) is 71.0 Å². The van der Waals surface area contributed by atoms with E-state index in [1.807, 2.05) is 0 Å². The number of aromatic nitrogens is 2. The van der Waals surface area contributed by atoms with Gasteiger partial charge in [-0.15, -0.1) is 11.3 Å². The number of thiophene rings is 1. The maximum atomic E-state index is 13.2. The van der Waals surface area contributed by atoms with E-state index in [1.165, 1.54) is 36.4 Å². The first-order valence-corrected chi connectivity index (χ1v) is 12.3. The van der Waals surface area contributed by atoms with E-state index in [0.717, 1.165) is 23.0 Å². The van der Waals surface area contributed by atoms with Crippen LogP contribution in [0.4, 0.5) is 10.1 Å². The predicted molar refractivity (Wildman–Crippen MR) is 122 cm³/mol. The van der Waals surface area contributed by atoms with Crippen LogP contribution in [0.5, 0.6) is 0 Å². The number of halogens is 1. The maximum Gasteiger partial charge on any atom is 0.348 e. The third-order valence-electron chi connectivity index (χ3n) is 4.72. The summed E-state index contributed by atoms with van der Waals surface area (Å²) in [5, 5.41) is 7.74. The van der Waals surface area contributed by atoms with Crippen molar-refractivity contribution in [2.24, 2.45) is 0 Å². The van der Waals surface area contributed by atoms with Crippen molar-refractivity contribution in [2.75, 3.05) is 18.2 Å². The van der Waals surface area contributed by atoms with Gasteiger partial charge in [-0.2, -0.15) is 5.10 Å². The minimum atomic E-state index is -3.34. The number of nitrogens with zero attached hydrogens (tertiary/aromatic N) is 2. The molecule has 0 fully saturated rings. The van der Waals surface area contributed by atoms with Crippen LogP contribution in [0.15, 0.2) is 59.5 Å². The van der Waals surface area contributed by atoms with Crippen LogP contribution < -0.4 is 5.32 Å². The second-order valence-corrected chi connectivity index (χ2v) is 10.3. The largest absolute Gasteiger partial charge is 0.451 e. The average molecular weight is 488 g/mol. The molecule has 4 rings (SSSR count). The van der Waals surface area contributed by atoms with Gasteiger partial charge < -0.3 is 10.1 Å². The zero-order chi connectivity index (χ0) is 23.8. The number of hydrogen-bond acceptors (Lipinski definition) is 7. The third-order valence-corrected chi connectivity index (χ3v) is 6.94. The Bertz CT molecular complexity index is 1460. The number of rotatable bonds is 6. The monoisotopic (exact) mass is 487 g/mol. The molecule has 0 saturated heterocycles. The molecule has 4 aromatic rings. The van der Waals surface area contributed by atoms with Gasteiger partial charge in [0.2, 0.25) is 0 Å². The van der Waals surface area contributed by atoms with E-state index in [1.54, 1.807) is 29.8 Å². The first-order valence-electron chi connectivity index (χ1n) is 9.64. The number of nitrogens with one attached hydrogen (secondary N) is 1. The molecule has 0 unspecified atom stereocenters. The Morgan fingerprint density at radius 2 is 1.79 bits per heavy atom. The number of carbonyl (C=O) groups is 2. The topological polar surface area (TPSA) is 107 Å². The van der Waals surface area contributed by atoms with Crippen LogP contribution in [0.25, 0.3) is 15.9 Å². The number of carbonyl (C=O) groups excluding carboxylic acids is 2. The van der Waals surface area contributed by atoms with Crippen LogP contribution in [0.3, 0.4) is 0 Å². The molecule has 0 bridgehead atoms. The minimum Gasteiger partial charge on any atom is -0.451 e. The number of hydrogen-bond donors (Lipinski definition) is 1. The van der Waals surface area contributed by atoms with Gasteiger partial charge in [-0.05, 0) is 61.5 Å². The summed E-state index contributed by atoms with van der Waals surface area (Å²) in [6.45, 7) is 1.29. The number of benzene rings is 2. The number of esters is 1. The van der Waals surface area contributed by atoms with Gasteiger partial charge >= 0.3 is 5.97 Å². The number of aryl methyl sites for hydroxylation is 1. The molecule has 0 radical (unpaired) electrons. The molecule has 2 heterocycles. The highest BCUT2D eigenvalue weighted by Gasteiger charge is 2.19. The van der Waals surface area contributed by atoms with Crippen molar-refractivity contribution < 1.29 is 27.1 Å². The Hall–Kier alpha value is -3.57. The van der Waals surface area contributed by atoms with Gasteiger partial charge in [-0.1, -0.05) is 0 Å². The summed E-state index contributed by atoms with van der Waals surface area (Å²) in [6, 6.07) is 13.1. The van der Waals surface area contributed by atoms with Crippen molar-refractivity contribution in [3.63, 3.8) is 0 Å². The molecule has 170 valence electrons. The lowest BCUT2D eigenvalue weighted by atomic mass is 10.3. The van der Waals surface area contributed by atoms with Gasteiger partial charge in [-0.25, -0.2) is 22.3 Å². The highest BCUT2D eigenvalue weighted by Crippen LogP contribution is 2.31. The van der Waals surface area contributed by atoms with E-state index in [2.05, 4.69) is 10.4 Å². The summed E-state index contributed by atoms with van der Waals surface area (Å²) >= 11 is 1.15. The molecule has 1 N–H and O–H groups in total. The zero-order valence-corrected chi connectivity index (χ0v) is 19.2. The van der Waals surface area contributed by atoms with Crippen LogP contribution in [0, 0.1) is 12.7 Å². The predicted octanol–water partition coefficient (Wildman–Crippen LogP) is 3.73. The lowest BCUT2D eigenvalue weighted by Gasteiger charge is -2.07. The molecule has 0 aliphatic rings. The number of anilines is 1. The fourth-order valence-corrected chi connectivity index (χ4v) is 4.80. The summed E-state index contributed by atoms with van der Waals surface area (Å²) < 4.78 is 43.0. The molecular formula is C22H18FN3O5S2. The Kier molecular flexibility index (Phi) is 6.00. The standard InChI is InChI=1S/C22H18FN3O5S2/c1-13-18-11-19(32-21(18)26(25-13)16-7-3-14(23)4-8-16)22(28)31-12-20(27)24-15-5-9-17(10-6-15)33(2,29)30/h3-11H,12H2,1-2H3,(H,24,27). The summed E-state index contributed by atoms with van der Waals surface area (Å²) in [6.07, 6.45) is 1.09. The average Bonchev–Trinajstić information content (AvgIpc) is 3.33. The summed E-state index contributed by atoms with van der Waals surface area (Å²) in [5.41, 5.74) is 1.72. The molecular weight excluding hydrogens is 469 g/mol. The number of amides is 1. The molecule has 2 aromatic carbocycles. The fourth-order valence-electron chi connectivity index (χ4n) is 3.09. The second kappa shape index (κ2) is 8.75. The van der Waals surface area contributed by atoms with Crippen LogP contribution >= 0.6 is 11.3 Å². The van der Waals surface area contributed by atoms with Crippen molar-refractivity contribution in [1.82, 2.24) is 9.78 Å². The minimum absolute atomic E-state index is 0.131. The Balaban J connectivity index is 1.43. The van der Waals surface area contributed by atoms with Gasteiger partial charge in [0.1, 0.15) is 15.5 Å². The molecule has 1 amide bonds. The Labute approximate surface area is 192 Å². The zero-order valence-electron chi connectivity index (χ0n) is 17.5. The molecule has 0 saturated carbocycles. The van der Waals surface area contributed by atoms with Crippen molar-refractivity contribution in [2.45, 2.75) is 11.8 Å². The van der Waals surface area contributed by atoms with E-state index in [4.69, 9.17) is 4.74 Å². The van der Waals surface area contributed by atoms with Gasteiger partial charge in [0.05, 0.1) is 16.3 Å². The van der Waals surface area contributed by atoms with Crippen molar-refractivity contribution >= 4 is 49.0 Å². The second-order valence-electron chi connectivity index (χ2n) is 7.22. The molecule has 0 aliphatic carbocycles. The maximum absolute atomic E-state index is 13.2. The molecule has 0 aliphatic heterocycles. The molecule has 2 aromatic heterocycles. The summed E-state index contributed by atoms with van der Waals surface area (Å²) in [4.78, 5) is 25.7. The van der Waals surface area contributed by atoms with Crippen molar-refractivity contribution in [3.8, 4) is 5.69 Å². The van der Waals surface area contributed by atoms with Crippen molar-refractivity contribution in [1.29, 1.82) is 0 Å². The van der Waals surface area contributed by atoms with Crippen LogP contribution in [0.2, 0.25) is 0 Å². The first kappa shape index (κ1) is 22.6. The smallest absolute Gasteiger partial charge is 0.348 e. The lowest BCUT2D eigenvalue weighted by Crippen LogP contribution is -2.20. The molecule has 8 nitrogen and oxygen atoms in total. The SMILES string of the molecule is Cc1nn(-c2ccc(F)cc2)c2sc(C(=O)OCC(=O)Nc3ccc(S(C)(=O)=O)cc3)cc12. The molecule has 33 heavy (non-hydrogen) atoms. The van der Waals surface area contributed by atoms with Gasteiger partial charge in [0, 0.05) is 17.3 Å². The fraction of sp³-hybridized carbons (Fsp3) is 0.136. The molecule has 0 spiro atoms. The van der Waals surface area contributed by atoms with Crippen LogP contribution in [-0.4, -0.2) is 42.9 Å². The quantitative estimate of drug-likeness (QED) is 0.415. The number of fused-ring (bicyclic) bond motifs is 1. The normalized spacial score (nSPS) is 11.5. The van der Waals surface area contributed by atoms with Gasteiger partial charge in [0.15, 0.2) is 16.4 Å². The number of sulfone groups is 1. The highest BCUT2D eigenvalue weighted by atomic mass is 32.2. The van der Waals surface area contributed by atoms with Crippen LogP contribution in [-0.2, 0) is 19.4 Å². The van der Waals surface area contributed by atoms with E-state index < -0.39 is 28.3 Å². The van der Waals surface area contributed by atoms with Gasteiger partial charge in [0.25, 0.3) is 5.91 Å². The number of ether oxygens (including phenoxy) is 1. The van der Waals surface area contributed by atoms with E-state index in [0.29, 0.717) is 26.8 Å². The molecule has 11 heteroatoms. The lowest BCUT2D eigenvalue weighted by molar-refractivity contribution is -0.119. The Morgan fingerprint density at radius 3 is 2.42 bits per heavy atom. The van der Waals surface area contributed by atoms with Gasteiger partial charge in [-0.3, -0.25) is 4.79 Å². The van der Waals surface area contributed by atoms with E-state index in [-0.39, 0.29) is 10.7 Å². The third kappa shape index (κ3) is 4.94.